The Morgan fingerprint density at radius 3 is 2.83 bits per heavy atom. The van der Waals surface area contributed by atoms with Gasteiger partial charge in [-0.15, -0.1) is 0 Å². The molecule has 0 aliphatic heterocycles. The summed E-state index contributed by atoms with van der Waals surface area (Å²) < 4.78 is 1.92. The van der Waals surface area contributed by atoms with Gasteiger partial charge in [-0.1, -0.05) is 6.92 Å². The molecule has 0 amide bonds. The molecule has 1 unspecified atom stereocenters. The van der Waals surface area contributed by atoms with Gasteiger partial charge in [0.25, 0.3) is 0 Å². The van der Waals surface area contributed by atoms with Gasteiger partial charge in [-0.3, -0.25) is 14.6 Å². The number of aryl methyl sites for hydroxylation is 2. The second-order valence-corrected chi connectivity index (χ2v) is 4.23. The molecule has 2 aromatic rings. The maximum Gasteiger partial charge on any atom is 0.0756 e. The summed E-state index contributed by atoms with van der Waals surface area (Å²) in [7, 11) is 1.97. The molecular weight excluding hydrogens is 226 g/mol. The van der Waals surface area contributed by atoms with Gasteiger partial charge in [0.2, 0.25) is 0 Å². The van der Waals surface area contributed by atoms with E-state index in [1.165, 1.54) is 5.69 Å². The van der Waals surface area contributed by atoms with Crippen LogP contribution in [0.25, 0.3) is 0 Å². The first-order valence-electron chi connectivity index (χ1n) is 6.27. The minimum Gasteiger partial charge on any atom is -0.309 e. The second kappa shape index (κ2) is 6.26. The third kappa shape index (κ3) is 3.13. The fourth-order valence-electron chi connectivity index (χ4n) is 2.03. The molecule has 0 spiro atoms. The predicted molar refractivity (Wildman–Crippen MR) is 70.0 cm³/mol. The number of hydrogen-bond donors (Lipinski definition) is 1. The first kappa shape index (κ1) is 12.7. The number of hydrogen-bond acceptors (Lipinski definition) is 4. The van der Waals surface area contributed by atoms with Crippen molar-refractivity contribution in [3.05, 3.63) is 42.2 Å². The van der Waals surface area contributed by atoms with Gasteiger partial charge in [0.05, 0.1) is 11.7 Å². The van der Waals surface area contributed by atoms with Crippen molar-refractivity contribution in [3.63, 3.8) is 0 Å². The van der Waals surface area contributed by atoms with Gasteiger partial charge in [-0.05, 0) is 25.5 Å². The third-order valence-electron chi connectivity index (χ3n) is 3.00. The first-order valence-corrected chi connectivity index (χ1v) is 6.27. The van der Waals surface area contributed by atoms with E-state index in [2.05, 4.69) is 33.4 Å². The summed E-state index contributed by atoms with van der Waals surface area (Å²) in [5.74, 6) is 0. The second-order valence-electron chi connectivity index (χ2n) is 4.23. The molecule has 0 saturated heterocycles. The normalized spacial score (nSPS) is 12.6. The van der Waals surface area contributed by atoms with E-state index in [4.69, 9.17) is 0 Å². The Kier molecular flexibility index (Phi) is 4.41. The Morgan fingerprint density at radius 1 is 1.33 bits per heavy atom. The van der Waals surface area contributed by atoms with Gasteiger partial charge in [0.1, 0.15) is 0 Å². The van der Waals surface area contributed by atoms with Crippen LogP contribution in [-0.4, -0.2) is 26.3 Å². The maximum absolute atomic E-state index is 4.37. The van der Waals surface area contributed by atoms with E-state index in [1.54, 1.807) is 12.4 Å². The Labute approximate surface area is 107 Å². The highest BCUT2D eigenvalue weighted by Gasteiger charge is 2.12. The van der Waals surface area contributed by atoms with Crippen LogP contribution in [-0.2, 0) is 13.5 Å². The predicted octanol–water partition coefficient (Wildman–Crippen LogP) is 1.49. The molecule has 0 bridgehead atoms. The van der Waals surface area contributed by atoms with Crippen molar-refractivity contribution in [2.45, 2.75) is 25.8 Å². The molecule has 18 heavy (non-hydrogen) atoms. The summed E-state index contributed by atoms with van der Waals surface area (Å²) in [4.78, 5) is 8.50. The number of rotatable bonds is 6. The van der Waals surface area contributed by atoms with Gasteiger partial charge in [0, 0.05) is 37.5 Å². The minimum atomic E-state index is 0.249. The lowest BCUT2D eigenvalue weighted by molar-refractivity contribution is 0.494. The molecule has 1 atom stereocenters. The van der Waals surface area contributed by atoms with Crippen molar-refractivity contribution in [2.24, 2.45) is 7.05 Å². The number of nitrogens with one attached hydrogen (secondary N) is 1. The topological polar surface area (TPSA) is 55.6 Å². The van der Waals surface area contributed by atoms with E-state index < -0.39 is 0 Å². The van der Waals surface area contributed by atoms with Gasteiger partial charge in [-0.25, -0.2) is 0 Å². The first-order chi connectivity index (χ1) is 8.81. The van der Waals surface area contributed by atoms with Crippen LogP contribution in [0.1, 0.15) is 30.8 Å². The summed E-state index contributed by atoms with van der Waals surface area (Å²) in [6.07, 6.45) is 9.07. The molecule has 0 radical (unpaired) electrons. The SMILES string of the molecule is CCNC(CCc1ccnn1C)c1cnccn1. The molecule has 0 saturated carbocycles. The van der Waals surface area contributed by atoms with Crippen LogP contribution in [0, 0.1) is 0 Å². The van der Waals surface area contributed by atoms with Gasteiger partial charge >= 0.3 is 0 Å². The Bertz CT molecular complexity index is 465. The zero-order chi connectivity index (χ0) is 12.8. The van der Waals surface area contributed by atoms with E-state index in [0.29, 0.717) is 0 Å². The van der Waals surface area contributed by atoms with Crippen molar-refractivity contribution in [1.29, 1.82) is 0 Å². The molecule has 2 rings (SSSR count). The lowest BCUT2D eigenvalue weighted by Crippen LogP contribution is -2.22. The smallest absolute Gasteiger partial charge is 0.0756 e. The van der Waals surface area contributed by atoms with Crippen LogP contribution >= 0.6 is 0 Å². The molecule has 2 aromatic heterocycles. The average Bonchev–Trinajstić information content (AvgIpc) is 2.81. The molecule has 96 valence electrons. The van der Waals surface area contributed by atoms with E-state index in [0.717, 1.165) is 25.1 Å². The summed E-state index contributed by atoms with van der Waals surface area (Å²) in [6, 6.07) is 2.30. The highest BCUT2D eigenvalue weighted by atomic mass is 15.2. The van der Waals surface area contributed by atoms with Crippen molar-refractivity contribution < 1.29 is 0 Å². The van der Waals surface area contributed by atoms with Gasteiger partial charge in [0.15, 0.2) is 0 Å². The number of nitrogens with zero attached hydrogens (tertiary/aromatic N) is 4. The standard InChI is InChI=1S/C13H19N5/c1-3-15-12(13-10-14-8-9-16-13)5-4-11-6-7-17-18(11)2/h6-10,12,15H,3-5H2,1-2H3. The van der Waals surface area contributed by atoms with Crippen LogP contribution < -0.4 is 5.32 Å². The summed E-state index contributed by atoms with van der Waals surface area (Å²) >= 11 is 0. The fraction of sp³-hybridized carbons (Fsp3) is 0.462. The zero-order valence-electron chi connectivity index (χ0n) is 10.9. The molecule has 0 aliphatic carbocycles. The minimum absolute atomic E-state index is 0.249. The Morgan fingerprint density at radius 2 is 2.22 bits per heavy atom. The monoisotopic (exact) mass is 245 g/mol. The highest BCUT2D eigenvalue weighted by molar-refractivity contribution is 5.05. The van der Waals surface area contributed by atoms with E-state index in [1.807, 2.05) is 24.1 Å². The van der Waals surface area contributed by atoms with Crippen LogP contribution in [0.3, 0.4) is 0 Å². The van der Waals surface area contributed by atoms with Gasteiger partial charge < -0.3 is 5.32 Å². The summed E-state index contributed by atoms with van der Waals surface area (Å²) in [5.41, 5.74) is 2.24. The molecule has 5 nitrogen and oxygen atoms in total. The summed E-state index contributed by atoms with van der Waals surface area (Å²) in [6.45, 7) is 3.03. The van der Waals surface area contributed by atoms with Crippen LogP contribution in [0.5, 0.6) is 0 Å². The van der Waals surface area contributed by atoms with Crippen molar-refractivity contribution in [3.8, 4) is 0 Å². The van der Waals surface area contributed by atoms with Crippen LogP contribution in [0.4, 0.5) is 0 Å². The van der Waals surface area contributed by atoms with Crippen molar-refractivity contribution in [1.82, 2.24) is 25.1 Å². The maximum atomic E-state index is 4.37. The lowest BCUT2D eigenvalue weighted by atomic mass is 10.1. The average molecular weight is 245 g/mol. The molecule has 0 fully saturated rings. The molecule has 1 N–H and O–H groups in total. The lowest BCUT2D eigenvalue weighted by Gasteiger charge is -2.16. The zero-order valence-corrected chi connectivity index (χ0v) is 10.9. The Hall–Kier alpha value is -1.75. The highest BCUT2D eigenvalue weighted by Crippen LogP contribution is 2.16. The fourth-order valence-corrected chi connectivity index (χ4v) is 2.03. The largest absolute Gasteiger partial charge is 0.309 e. The summed E-state index contributed by atoms with van der Waals surface area (Å²) in [5, 5.41) is 7.63. The van der Waals surface area contributed by atoms with E-state index >= 15 is 0 Å². The molecule has 2 heterocycles. The Balaban J connectivity index is 2.01. The number of aromatic nitrogens is 4. The molecule has 0 aromatic carbocycles. The van der Waals surface area contributed by atoms with Crippen molar-refractivity contribution >= 4 is 0 Å². The van der Waals surface area contributed by atoms with Crippen LogP contribution in [0.2, 0.25) is 0 Å². The van der Waals surface area contributed by atoms with Crippen LogP contribution in [0.15, 0.2) is 30.9 Å². The van der Waals surface area contributed by atoms with Gasteiger partial charge in [-0.2, -0.15) is 5.10 Å². The molecular formula is C13H19N5. The van der Waals surface area contributed by atoms with E-state index in [9.17, 15) is 0 Å². The third-order valence-corrected chi connectivity index (χ3v) is 3.00. The quantitative estimate of drug-likeness (QED) is 0.838. The van der Waals surface area contributed by atoms with E-state index in [-0.39, 0.29) is 6.04 Å². The molecule has 0 aliphatic rings. The molecule has 5 heteroatoms. The van der Waals surface area contributed by atoms with Crippen molar-refractivity contribution in [2.75, 3.05) is 6.54 Å².